The molecule has 1 fully saturated rings. The van der Waals surface area contributed by atoms with Crippen molar-refractivity contribution in [2.75, 3.05) is 28.9 Å². The molecule has 42 heavy (non-hydrogen) atoms. The molecule has 0 saturated carbocycles. The van der Waals surface area contributed by atoms with Crippen molar-refractivity contribution in [1.29, 1.82) is 0 Å². The fourth-order valence-electron chi connectivity index (χ4n) is 4.36. The number of likely N-dealkylation sites (tertiary alicyclic amines) is 1. The van der Waals surface area contributed by atoms with Crippen LogP contribution in [-0.4, -0.2) is 64.1 Å². The Balaban J connectivity index is 1.40. The Bertz CT molecular complexity index is 1780. The Morgan fingerprint density at radius 1 is 1.12 bits per heavy atom. The van der Waals surface area contributed by atoms with Gasteiger partial charge in [0.15, 0.2) is 5.82 Å². The topological polar surface area (TPSA) is 165 Å². The predicted octanol–water partition coefficient (Wildman–Crippen LogP) is 4.17. The molecule has 12 nitrogen and oxygen atoms in total. The minimum atomic E-state index is -4.46. The summed E-state index contributed by atoms with van der Waals surface area (Å²) >= 11 is 0. The highest BCUT2D eigenvalue weighted by atomic mass is 32.2. The number of nitrogens with zero attached hydrogens (tertiary/aromatic N) is 5. The van der Waals surface area contributed by atoms with Gasteiger partial charge < -0.3 is 20.7 Å². The number of sulfonamides is 1. The van der Waals surface area contributed by atoms with Crippen LogP contribution >= 0.6 is 0 Å². The number of nitrogens with two attached hydrogens (primary N) is 1. The van der Waals surface area contributed by atoms with Crippen LogP contribution in [-0.2, 0) is 14.8 Å². The molecule has 0 bridgehead atoms. The lowest BCUT2D eigenvalue weighted by molar-refractivity contribution is 0.0293. The minimum absolute atomic E-state index is 0.105. The summed E-state index contributed by atoms with van der Waals surface area (Å²) in [6.07, 6.45) is 3.10. The number of carbonyl (C=O) groups is 1. The van der Waals surface area contributed by atoms with Crippen molar-refractivity contribution in [3.63, 3.8) is 0 Å². The van der Waals surface area contributed by atoms with Gasteiger partial charge in [0.1, 0.15) is 39.8 Å². The summed E-state index contributed by atoms with van der Waals surface area (Å²) in [5, 5.41) is 3.34. The SMILES string of the molecule is CC(C)(C)OC(=O)N1CCC(Nc2ncnc3ccc(-c4cnc(N)c(NS(=O)(=O)c5ccc(F)cc5F)c4)nc23)C1. The van der Waals surface area contributed by atoms with Gasteiger partial charge in [-0.15, -0.1) is 0 Å². The molecule has 4 heterocycles. The molecule has 3 aromatic heterocycles. The summed E-state index contributed by atoms with van der Waals surface area (Å²) < 4.78 is 60.8. The number of halogens is 2. The van der Waals surface area contributed by atoms with Gasteiger partial charge in [-0.3, -0.25) is 4.72 Å². The van der Waals surface area contributed by atoms with Gasteiger partial charge in [0.05, 0.1) is 16.9 Å². The monoisotopic (exact) mass is 598 g/mol. The van der Waals surface area contributed by atoms with Gasteiger partial charge in [0.2, 0.25) is 0 Å². The molecule has 15 heteroatoms. The Kier molecular flexibility index (Phi) is 7.53. The Morgan fingerprint density at radius 2 is 1.90 bits per heavy atom. The maximum Gasteiger partial charge on any atom is 0.410 e. The lowest BCUT2D eigenvalue weighted by Gasteiger charge is -2.24. The van der Waals surface area contributed by atoms with Crippen molar-refractivity contribution in [3.8, 4) is 11.3 Å². The average molecular weight is 599 g/mol. The maximum absolute atomic E-state index is 14.2. The van der Waals surface area contributed by atoms with Crippen molar-refractivity contribution in [2.45, 2.75) is 43.7 Å². The van der Waals surface area contributed by atoms with Crippen molar-refractivity contribution in [3.05, 3.63) is 60.6 Å². The van der Waals surface area contributed by atoms with E-state index in [4.69, 9.17) is 10.5 Å². The number of benzene rings is 1. The second kappa shape index (κ2) is 11.0. The number of fused-ring (bicyclic) bond motifs is 1. The third-order valence-electron chi connectivity index (χ3n) is 6.30. The quantitative estimate of drug-likeness (QED) is 0.293. The van der Waals surface area contributed by atoms with E-state index in [1.54, 1.807) is 17.0 Å². The molecule has 1 atom stereocenters. The molecule has 220 valence electrons. The second-order valence-electron chi connectivity index (χ2n) is 10.7. The molecule has 5 rings (SSSR count). The van der Waals surface area contributed by atoms with Crippen LogP contribution in [0.5, 0.6) is 0 Å². The number of aromatic nitrogens is 4. The highest BCUT2D eigenvalue weighted by molar-refractivity contribution is 7.92. The first kappa shape index (κ1) is 28.9. The number of carbonyl (C=O) groups excluding carboxylic acids is 1. The van der Waals surface area contributed by atoms with Gasteiger partial charge in [0.25, 0.3) is 10.0 Å². The van der Waals surface area contributed by atoms with E-state index in [-0.39, 0.29) is 23.6 Å². The zero-order valence-corrected chi connectivity index (χ0v) is 23.7. The van der Waals surface area contributed by atoms with Gasteiger partial charge in [0, 0.05) is 37.0 Å². The van der Waals surface area contributed by atoms with Crippen LogP contribution < -0.4 is 15.8 Å². The van der Waals surface area contributed by atoms with Gasteiger partial charge in [-0.2, -0.15) is 0 Å². The van der Waals surface area contributed by atoms with Gasteiger partial charge in [-0.1, -0.05) is 0 Å². The molecule has 4 aromatic rings. The molecule has 0 radical (unpaired) electrons. The average Bonchev–Trinajstić information content (AvgIpc) is 3.37. The van der Waals surface area contributed by atoms with E-state index in [0.717, 1.165) is 12.1 Å². The maximum atomic E-state index is 14.2. The van der Waals surface area contributed by atoms with Crippen molar-refractivity contribution in [2.24, 2.45) is 0 Å². The van der Waals surface area contributed by atoms with Crippen molar-refractivity contribution < 1.29 is 26.7 Å². The summed E-state index contributed by atoms with van der Waals surface area (Å²) in [7, 11) is -4.46. The predicted molar refractivity (Wildman–Crippen MR) is 152 cm³/mol. The fourth-order valence-corrected chi connectivity index (χ4v) is 5.49. The number of hydrogen-bond acceptors (Lipinski definition) is 10. The minimum Gasteiger partial charge on any atom is -0.444 e. The molecule has 4 N–H and O–H groups in total. The number of nitrogen functional groups attached to an aromatic ring is 1. The normalized spacial score (nSPS) is 15.5. The summed E-state index contributed by atoms with van der Waals surface area (Å²) in [4.78, 5) is 30.7. The molecule has 1 aliphatic heterocycles. The highest BCUT2D eigenvalue weighted by Crippen LogP contribution is 2.29. The molecule has 1 aliphatic rings. The van der Waals surface area contributed by atoms with E-state index in [1.165, 1.54) is 18.6 Å². The van der Waals surface area contributed by atoms with Crippen LogP contribution in [0.3, 0.4) is 0 Å². The van der Waals surface area contributed by atoms with Crippen LogP contribution in [0.2, 0.25) is 0 Å². The molecular weight excluding hydrogens is 570 g/mol. The zero-order chi connectivity index (χ0) is 30.2. The number of pyridine rings is 2. The summed E-state index contributed by atoms with van der Waals surface area (Å²) in [6.45, 7) is 6.37. The first-order valence-corrected chi connectivity index (χ1v) is 14.4. The summed E-state index contributed by atoms with van der Waals surface area (Å²) in [5.41, 5.74) is 6.99. The van der Waals surface area contributed by atoms with E-state index in [9.17, 15) is 22.0 Å². The first-order valence-electron chi connectivity index (χ1n) is 12.9. The molecule has 1 amide bonds. The van der Waals surface area contributed by atoms with Crippen LogP contribution in [0.1, 0.15) is 27.2 Å². The molecular formula is C27H28F2N8O4S. The van der Waals surface area contributed by atoms with Crippen LogP contribution in [0.15, 0.2) is 53.8 Å². The Labute approximate surface area is 240 Å². The van der Waals surface area contributed by atoms with E-state index < -0.39 is 32.2 Å². The number of amides is 1. The van der Waals surface area contributed by atoms with E-state index >= 15 is 0 Å². The summed E-state index contributed by atoms with van der Waals surface area (Å²) in [6, 6.07) is 6.82. The second-order valence-corrected chi connectivity index (χ2v) is 12.3. The summed E-state index contributed by atoms with van der Waals surface area (Å²) in [5.74, 6) is -1.87. The lowest BCUT2D eigenvalue weighted by atomic mass is 10.1. The number of anilines is 3. The Morgan fingerprint density at radius 3 is 2.64 bits per heavy atom. The lowest BCUT2D eigenvalue weighted by Crippen LogP contribution is -2.36. The number of nitrogens with one attached hydrogen (secondary N) is 2. The molecule has 1 unspecified atom stereocenters. The Hall–Kier alpha value is -4.66. The van der Waals surface area contributed by atoms with Gasteiger partial charge in [-0.05, 0) is 57.5 Å². The third kappa shape index (κ3) is 6.30. The molecule has 1 saturated heterocycles. The number of ether oxygens (including phenoxy) is 1. The molecule has 1 aromatic carbocycles. The van der Waals surface area contributed by atoms with Crippen LogP contribution in [0.25, 0.3) is 22.3 Å². The number of hydrogen-bond donors (Lipinski definition) is 3. The van der Waals surface area contributed by atoms with Crippen LogP contribution in [0, 0.1) is 11.6 Å². The van der Waals surface area contributed by atoms with Gasteiger partial charge in [-0.25, -0.2) is 41.9 Å². The van der Waals surface area contributed by atoms with Crippen LogP contribution in [0.4, 0.5) is 30.9 Å². The molecule has 0 aliphatic carbocycles. The standard InChI is InChI=1S/C27H28F2N8O4S/c1-27(2,3)41-26(38)37-9-8-17(13-37)34-25-23-20(32-14-33-25)6-5-19(35-23)15-10-21(24(30)31-12-15)36-42(39,40)22-7-4-16(28)11-18(22)29/h4-7,10-12,14,17,36H,8-9,13H2,1-3H3,(H2,30,31)(H,32,33,34). The van der Waals surface area contributed by atoms with E-state index in [0.29, 0.717) is 53.7 Å². The van der Waals surface area contributed by atoms with Gasteiger partial charge >= 0.3 is 6.09 Å². The number of rotatable bonds is 6. The van der Waals surface area contributed by atoms with Crippen molar-refractivity contribution in [1.82, 2.24) is 24.8 Å². The largest absolute Gasteiger partial charge is 0.444 e. The first-order chi connectivity index (χ1) is 19.8. The fraction of sp³-hybridized carbons (Fsp3) is 0.296. The van der Waals surface area contributed by atoms with E-state index in [1.807, 2.05) is 20.8 Å². The smallest absolute Gasteiger partial charge is 0.410 e. The molecule has 0 spiro atoms. The zero-order valence-electron chi connectivity index (χ0n) is 22.9. The van der Waals surface area contributed by atoms with Crippen molar-refractivity contribution >= 4 is 44.5 Å². The van der Waals surface area contributed by atoms with E-state index in [2.05, 4.69) is 30.0 Å². The highest BCUT2D eigenvalue weighted by Gasteiger charge is 2.30. The third-order valence-corrected chi connectivity index (χ3v) is 7.70.